The molecule has 4 N–H and O–H groups in total. The molecule has 1 fully saturated rings. The van der Waals surface area contributed by atoms with Crippen molar-refractivity contribution in [2.75, 3.05) is 0 Å². The van der Waals surface area contributed by atoms with Crippen LogP contribution >= 0.6 is 0 Å². The van der Waals surface area contributed by atoms with E-state index in [9.17, 15) is 4.79 Å². The van der Waals surface area contributed by atoms with Gasteiger partial charge in [-0.25, -0.2) is 0 Å². The maximum atomic E-state index is 10.8. The molecule has 0 aliphatic carbocycles. The number of amides is 1. The number of carbonyl (C=O) groups is 1. The van der Waals surface area contributed by atoms with Gasteiger partial charge in [-0.1, -0.05) is 6.92 Å². The van der Waals surface area contributed by atoms with Crippen molar-refractivity contribution in [3.8, 4) is 0 Å². The summed E-state index contributed by atoms with van der Waals surface area (Å²) in [5.41, 5.74) is 5.09. The number of hydrogen-bond donors (Lipinski definition) is 3. The molecule has 1 atom stereocenters. The van der Waals surface area contributed by atoms with Crippen molar-refractivity contribution in [3.63, 3.8) is 0 Å². The van der Waals surface area contributed by atoms with Gasteiger partial charge in [0, 0.05) is 12.3 Å². The number of hydrogen-bond acceptors (Lipinski definition) is 3. The first-order valence-corrected chi connectivity index (χ1v) is 3.60. The Labute approximate surface area is 65.0 Å². The Morgan fingerprint density at radius 1 is 1.73 bits per heavy atom. The molecule has 0 bridgehead atoms. The van der Waals surface area contributed by atoms with E-state index >= 15 is 0 Å². The van der Waals surface area contributed by atoms with E-state index < -0.39 is 0 Å². The minimum Gasteiger partial charge on any atom is -0.322 e. The van der Waals surface area contributed by atoms with E-state index in [1.807, 2.05) is 6.92 Å². The second-order valence-corrected chi connectivity index (χ2v) is 2.50. The van der Waals surface area contributed by atoms with Crippen molar-refractivity contribution in [2.24, 2.45) is 16.9 Å². The summed E-state index contributed by atoms with van der Waals surface area (Å²) in [6.45, 7) is 2.00. The molecule has 5 nitrogen and oxygen atoms in total. The highest BCUT2D eigenvalue weighted by atomic mass is 16.2. The Morgan fingerprint density at radius 3 is 3.00 bits per heavy atom. The van der Waals surface area contributed by atoms with Crippen molar-refractivity contribution in [3.05, 3.63) is 0 Å². The van der Waals surface area contributed by atoms with E-state index in [1.165, 1.54) is 0 Å². The highest BCUT2D eigenvalue weighted by molar-refractivity contribution is 5.93. The summed E-state index contributed by atoms with van der Waals surface area (Å²) in [6.07, 6.45) is 1.34. The van der Waals surface area contributed by atoms with Gasteiger partial charge in [-0.05, 0) is 6.42 Å². The highest BCUT2D eigenvalue weighted by Gasteiger charge is 2.22. The Morgan fingerprint density at radius 2 is 2.45 bits per heavy atom. The molecule has 1 aliphatic heterocycles. The number of nitrogens with zero attached hydrogens (tertiary/aromatic N) is 1. The Hall–Kier alpha value is -1.26. The van der Waals surface area contributed by atoms with Gasteiger partial charge in [-0.3, -0.25) is 15.6 Å². The van der Waals surface area contributed by atoms with Crippen molar-refractivity contribution in [2.45, 2.75) is 19.8 Å². The van der Waals surface area contributed by atoms with Crippen LogP contribution in [0.4, 0.5) is 0 Å². The second kappa shape index (κ2) is 3.23. The van der Waals surface area contributed by atoms with Crippen LogP contribution in [0.2, 0.25) is 0 Å². The van der Waals surface area contributed by atoms with E-state index in [1.54, 1.807) is 0 Å². The van der Waals surface area contributed by atoms with E-state index in [2.05, 4.69) is 16.0 Å². The van der Waals surface area contributed by atoms with E-state index in [-0.39, 0.29) is 11.8 Å². The third-order valence-corrected chi connectivity index (χ3v) is 1.78. The smallest absolute Gasteiger partial charge is 0.239 e. The zero-order valence-corrected chi connectivity index (χ0v) is 6.42. The topological polar surface area (TPSA) is 79.5 Å². The van der Waals surface area contributed by atoms with Crippen LogP contribution in [0, 0.1) is 5.92 Å². The van der Waals surface area contributed by atoms with Gasteiger partial charge in [0.2, 0.25) is 5.91 Å². The summed E-state index contributed by atoms with van der Waals surface area (Å²) in [7, 11) is 0. The Balaban J connectivity index is 2.62. The van der Waals surface area contributed by atoms with Crippen LogP contribution in [0.5, 0.6) is 0 Å². The fraction of sp³-hybridized carbons (Fsp3) is 0.667. The van der Waals surface area contributed by atoms with Gasteiger partial charge in [0.05, 0.1) is 0 Å². The van der Waals surface area contributed by atoms with Crippen LogP contribution in [0.1, 0.15) is 19.8 Å². The fourth-order valence-electron chi connectivity index (χ4n) is 1.08. The molecular formula is C6H12N4O. The van der Waals surface area contributed by atoms with Crippen LogP contribution in [0.3, 0.4) is 0 Å². The standard InChI is InChI=1S/C6H12N4O/c1-2-4-3-5(11)9-10-6(4)8-7/h4H,2-3,7H2,1H3,(H,8,10)(H,9,11). The molecule has 1 amide bonds. The molecule has 0 spiro atoms. The van der Waals surface area contributed by atoms with Gasteiger partial charge < -0.3 is 5.84 Å². The van der Waals surface area contributed by atoms with Crippen LogP contribution in [0.15, 0.2) is 5.10 Å². The largest absolute Gasteiger partial charge is 0.322 e. The molecule has 1 rings (SSSR count). The molecule has 0 saturated carbocycles. The third kappa shape index (κ3) is 1.60. The zero-order chi connectivity index (χ0) is 8.27. The summed E-state index contributed by atoms with van der Waals surface area (Å²) < 4.78 is 0. The van der Waals surface area contributed by atoms with Gasteiger partial charge in [0.15, 0.2) is 0 Å². The zero-order valence-electron chi connectivity index (χ0n) is 6.42. The lowest BCUT2D eigenvalue weighted by atomic mass is 10.00. The van der Waals surface area contributed by atoms with Crippen LogP contribution < -0.4 is 16.7 Å². The molecule has 62 valence electrons. The minimum absolute atomic E-state index is 0.00995. The third-order valence-electron chi connectivity index (χ3n) is 1.78. The van der Waals surface area contributed by atoms with Gasteiger partial charge >= 0.3 is 0 Å². The lowest BCUT2D eigenvalue weighted by Crippen LogP contribution is -2.51. The summed E-state index contributed by atoms with van der Waals surface area (Å²) in [5, 5.41) is 3.53. The Bertz CT molecular complexity index is 189. The van der Waals surface area contributed by atoms with E-state index in [0.29, 0.717) is 12.3 Å². The summed E-state index contributed by atoms with van der Waals surface area (Å²) >= 11 is 0. The van der Waals surface area contributed by atoms with Crippen molar-refractivity contribution in [1.82, 2.24) is 10.9 Å². The maximum absolute atomic E-state index is 10.8. The normalized spacial score (nSPS) is 27.9. The molecule has 1 heterocycles. The van der Waals surface area contributed by atoms with Crippen LogP contribution in [0.25, 0.3) is 0 Å². The molecule has 1 saturated heterocycles. The minimum atomic E-state index is -0.00995. The number of hydrazine groups is 1. The van der Waals surface area contributed by atoms with Gasteiger partial charge in [0.1, 0.15) is 5.84 Å². The maximum Gasteiger partial charge on any atom is 0.239 e. The number of rotatable bonds is 1. The Kier molecular flexibility index (Phi) is 2.30. The van der Waals surface area contributed by atoms with Crippen molar-refractivity contribution in [1.29, 1.82) is 0 Å². The summed E-state index contributed by atoms with van der Waals surface area (Å²) in [4.78, 5) is 10.8. The lowest BCUT2D eigenvalue weighted by Gasteiger charge is -2.23. The molecule has 0 aromatic rings. The summed E-state index contributed by atoms with van der Waals surface area (Å²) in [5.74, 6) is 5.89. The first-order valence-electron chi connectivity index (χ1n) is 3.60. The number of nitrogens with two attached hydrogens (primary N) is 1. The molecule has 0 aromatic carbocycles. The van der Waals surface area contributed by atoms with Gasteiger partial charge in [0.25, 0.3) is 0 Å². The monoisotopic (exact) mass is 156 g/mol. The van der Waals surface area contributed by atoms with Crippen LogP contribution in [-0.2, 0) is 4.79 Å². The number of nitrogens with one attached hydrogen (secondary N) is 2. The fourth-order valence-corrected chi connectivity index (χ4v) is 1.08. The molecular weight excluding hydrogens is 144 g/mol. The van der Waals surface area contributed by atoms with Crippen LogP contribution in [-0.4, -0.2) is 11.7 Å². The van der Waals surface area contributed by atoms with E-state index in [0.717, 1.165) is 6.42 Å². The quantitative estimate of drug-likeness (QED) is 0.347. The SMILES string of the molecule is CCC1CC(=O)NN/C1=N/N. The number of carbonyl (C=O) groups excluding carboxylic acids is 1. The first kappa shape index (κ1) is 7.84. The molecule has 5 heteroatoms. The van der Waals surface area contributed by atoms with Crippen molar-refractivity contribution >= 4 is 11.7 Å². The predicted octanol–water partition coefficient (Wildman–Crippen LogP) is -0.691. The number of hydrazone groups is 1. The molecule has 1 aliphatic rings. The van der Waals surface area contributed by atoms with Crippen molar-refractivity contribution < 1.29 is 4.79 Å². The van der Waals surface area contributed by atoms with E-state index in [4.69, 9.17) is 5.84 Å². The summed E-state index contributed by atoms with van der Waals surface area (Å²) in [6, 6.07) is 0. The lowest BCUT2D eigenvalue weighted by molar-refractivity contribution is -0.123. The first-order chi connectivity index (χ1) is 5.27. The average Bonchev–Trinajstić information content (AvgIpc) is 2.04. The molecule has 0 aromatic heterocycles. The average molecular weight is 156 g/mol. The van der Waals surface area contributed by atoms with Gasteiger partial charge in [-0.2, -0.15) is 5.10 Å². The molecule has 0 radical (unpaired) electrons. The molecule has 1 unspecified atom stereocenters. The predicted molar refractivity (Wildman–Crippen MR) is 41.3 cm³/mol. The highest BCUT2D eigenvalue weighted by Crippen LogP contribution is 2.10. The number of amidine groups is 1. The molecule has 11 heavy (non-hydrogen) atoms. The second-order valence-electron chi connectivity index (χ2n) is 2.50. The van der Waals surface area contributed by atoms with Gasteiger partial charge in [-0.15, -0.1) is 0 Å².